The minimum atomic E-state index is -0.638. The number of aromatic nitrogens is 2. The van der Waals surface area contributed by atoms with E-state index in [2.05, 4.69) is 4.98 Å². The van der Waals surface area contributed by atoms with Gasteiger partial charge in [-0.05, 0) is 61.7 Å². The van der Waals surface area contributed by atoms with Gasteiger partial charge in [0.2, 0.25) is 0 Å². The Labute approximate surface area is 197 Å². The smallest absolute Gasteiger partial charge is 0.415 e. The van der Waals surface area contributed by atoms with Crippen molar-refractivity contribution in [3.63, 3.8) is 0 Å². The molecule has 0 N–H and O–H groups in total. The molecule has 2 amide bonds. The highest BCUT2D eigenvalue weighted by Crippen LogP contribution is 2.36. The molecule has 1 atom stereocenters. The second-order valence-corrected chi connectivity index (χ2v) is 9.06. The van der Waals surface area contributed by atoms with E-state index in [-0.39, 0.29) is 11.7 Å². The van der Waals surface area contributed by atoms with E-state index < -0.39 is 11.7 Å². The average Bonchev–Trinajstić information content (AvgIpc) is 3.31. The molecule has 5 rings (SSSR count). The Morgan fingerprint density at radius 1 is 1.15 bits per heavy atom. The normalized spacial score (nSPS) is 20.5. The zero-order chi connectivity index (χ0) is 23.7. The lowest BCUT2D eigenvalue weighted by atomic mass is 9.95. The van der Waals surface area contributed by atoms with Gasteiger partial charge in [0, 0.05) is 49.7 Å². The van der Waals surface area contributed by atoms with Crippen LogP contribution < -0.4 is 4.90 Å². The molecule has 0 bridgehead atoms. The Bertz CT molecular complexity index is 1210. The van der Waals surface area contributed by atoms with Crippen LogP contribution in [0.3, 0.4) is 0 Å². The van der Waals surface area contributed by atoms with Crippen molar-refractivity contribution in [1.82, 2.24) is 14.5 Å². The van der Waals surface area contributed by atoms with E-state index in [1.165, 1.54) is 12.1 Å². The van der Waals surface area contributed by atoms with Gasteiger partial charge in [-0.3, -0.25) is 9.69 Å². The SMILES string of the molecule is Cc1nccn1Cc1cccc(C(=O)N2CCCC3(CC2)CN(c2ccc(F)cc2)C(=O)O3)c1. The zero-order valence-corrected chi connectivity index (χ0v) is 19.1. The number of amides is 2. The topological polar surface area (TPSA) is 67.7 Å². The molecular formula is C26H27FN4O3. The van der Waals surface area contributed by atoms with Crippen molar-refractivity contribution < 1.29 is 18.7 Å². The summed E-state index contributed by atoms with van der Waals surface area (Å²) in [5.41, 5.74) is 1.67. The number of carbonyl (C=O) groups is 2. The number of hydrogen-bond donors (Lipinski definition) is 0. The van der Waals surface area contributed by atoms with Crippen LogP contribution in [0.5, 0.6) is 0 Å². The summed E-state index contributed by atoms with van der Waals surface area (Å²) in [5.74, 6) is 0.565. The third-order valence-electron chi connectivity index (χ3n) is 6.74. The Hall–Kier alpha value is -3.68. The summed E-state index contributed by atoms with van der Waals surface area (Å²) in [6.45, 7) is 4.13. The molecule has 2 fully saturated rings. The van der Waals surface area contributed by atoms with Gasteiger partial charge in [-0.2, -0.15) is 0 Å². The summed E-state index contributed by atoms with van der Waals surface area (Å²) in [4.78, 5) is 33.6. The summed E-state index contributed by atoms with van der Waals surface area (Å²) < 4.78 is 21.2. The fourth-order valence-electron chi connectivity index (χ4n) is 4.83. The maximum atomic E-state index is 13.3. The summed E-state index contributed by atoms with van der Waals surface area (Å²) in [6.07, 6.45) is 5.26. The van der Waals surface area contributed by atoms with Gasteiger partial charge in [-0.1, -0.05) is 12.1 Å². The lowest BCUT2D eigenvalue weighted by molar-refractivity contribution is 0.0438. The van der Waals surface area contributed by atoms with Crippen molar-refractivity contribution in [2.75, 3.05) is 24.5 Å². The minimum absolute atomic E-state index is 0.0130. The van der Waals surface area contributed by atoms with Gasteiger partial charge < -0.3 is 14.2 Å². The first-order chi connectivity index (χ1) is 16.4. The first-order valence-corrected chi connectivity index (χ1v) is 11.5. The van der Waals surface area contributed by atoms with Crippen LogP contribution in [0.25, 0.3) is 0 Å². The van der Waals surface area contributed by atoms with E-state index in [9.17, 15) is 14.0 Å². The molecule has 3 aromatic rings. The van der Waals surface area contributed by atoms with E-state index in [1.807, 2.05) is 46.9 Å². The predicted molar refractivity (Wildman–Crippen MR) is 125 cm³/mol. The molecule has 1 aromatic heterocycles. The maximum absolute atomic E-state index is 13.3. The van der Waals surface area contributed by atoms with E-state index in [0.717, 1.165) is 17.8 Å². The number of benzene rings is 2. The molecule has 0 saturated carbocycles. The fraction of sp³-hybridized carbons (Fsp3) is 0.346. The lowest BCUT2D eigenvalue weighted by Gasteiger charge is -2.25. The maximum Gasteiger partial charge on any atom is 0.415 e. The third kappa shape index (κ3) is 4.40. The van der Waals surface area contributed by atoms with Crippen LogP contribution in [0.1, 0.15) is 41.0 Å². The largest absolute Gasteiger partial charge is 0.441 e. The number of halogens is 1. The molecule has 3 heterocycles. The molecular weight excluding hydrogens is 435 g/mol. The molecule has 0 radical (unpaired) electrons. The Kier molecular flexibility index (Phi) is 5.81. The molecule has 176 valence electrons. The van der Waals surface area contributed by atoms with Crippen molar-refractivity contribution >= 4 is 17.7 Å². The number of nitrogens with zero attached hydrogens (tertiary/aromatic N) is 4. The molecule has 0 aliphatic carbocycles. The van der Waals surface area contributed by atoms with Crippen LogP contribution in [0, 0.1) is 12.7 Å². The number of hydrogen-bond acceptors (Lipinski definition) is 4. The van der Waals surface area contributed by atoms with E-state index in [4.69, 9.17) is 4.74 Å². The number of rotatable bonds is 4. The van der Waals surface area contributed by atoms with E-state index >= 15 is 0 Å². The van der Waals surface area contributed by atoms with Crippen LogP contribution in [0.15, 0.2) is 60.9 Å². The number of likely N-dealkylation sites (tertiary alicyclic amines) is 1. The van der Waals surface area contributed by atoms with Crippen molar-refractivity contribution in [2.24, 2.45) is 0 Å². The van der Waals surface area contributed by atoms with Gasteiger partial charge in [0.15, 0.2) is 0 Å². The van der Waals surface area contributed by atoms with Crippen LogP contribution in [0.2, 0.25) is 0 Å². The van der Waals surface area contributed by atoms with Gasteiger partial charge in [-0.25, -0.2) is 14.2 Å². The van der Waals surface area contributed by atoms with Gasteiger partial charge in [0.1, 0.15) is 17.2 Å². The molecule has 1 spiro atoms. The number of carbonyl (C=O) groups excluding carboxylic acids is 2. The monoisotopic (exact) mass is 462 g/mol. The summed E-state index contributed by atoms with van der Waals surface area (Å²) in [6, 6.07) is 13.5. The van der Waals surface area contributed by atoms with Gasteiger partial charge in [-0.15, -0.1) is 0 Å². The van der Waals surface area contributed by atoms with Crippen LogP contribution >= 0.6 is 0 Å². The summed E-state index contributed by atoms with van der Waals surface area (Å²) in [7, 11) is 0. The summed E-state index contributed by atoms with van der Waals surface area (Å²) in [5, 5.41) is 0. The zero-order valence-electron chi connectivity index (χ0n) is 19.1. The number of imidazole rings is 1. The molecule has 8 heteroatoms. The number of ether oxygens (including phenoxy) is 1. The first-order valence-electron chi connectivity index (χ1n) is 11.5. The second-order valence-electron chi connectivity index (χ2n) is 9.06. The lowest BCUT2D eigenvalue weighted by Crippen LogP contribution is -2.37. The molecule has 2 saturated heterocycles. The molecule has 1 unspecified atom stereocenters. The summed E-state index contributed by atoms with van der Waals surface area (Å²) >= 11 is 0. The second kappa shape index (κ2) is 8.93. The number of anilines is 1. The molecule has 2 aromatic carbocycles. The fourth-order valence-corrected chi connectivity index (χ4v) is 4.83. The van der Waals surface area contributed by atoms with Gasteiger partial charge >= 0.3 is 6.09 Å². The van der Waals surface area contributed by atoms with E-state index in [0.29, 0.717) is 50.3 Å². The third-order valence-corrected chi connectivity index (χ3v) is 6.74. The van der Waals surface area contributed by atoms with Gasteiger partial charge in [0.25, 0.3) is 5.91 Å². The highest BCUT2D eigenvalue weighted by molar-refractivity contribution is 5.94. The predicted octanol–water partition coefficient (Wildman–Crippen LogP) is 4.40. The minimum Gasteiger partial charge on any atom is -0.441 e. The standard InChI is InChI=1S/C26H27FN4O3/c1-19-28-12-15-30(19)17-20-4-2-5-21(16-20)24(32)29-13-3-10-26(11-14-29)18-31(25(33)34-26)23-8-6-22(27)7-9-23/h2,4-9,12,15-16H,3,10-11,13-14,17-18H2,1H3. The molecule has 2 aliphatic rings. The molecule has 34 heavy (non-hydrogen) atoms. The van der Waals surface area contributed by atoms with Crippen molar-refractivity contribution in [3.8, 4) is 0 Å². The van der Waals surface area contributed by atoms with E-state index in [1.54, 1.807) is 23.2 Å². The van der Waals surface area contributed by atoms with Crippen molar-refractivity contribution in [1.29, 1.82) is 0 Å². The average molecular weight is 463 g/mol. The van der Waals surface area contributed by atoms with Gasteiger partial charge in [0.05, 0.1) is 6.54 Å². The highest BCUT2D eigenvalue weighted by atomic mass is 19.1. The Morgan fingerprint density at radius 2 is 1.97 bits per heavy atom. The Morgan fingerprint density at radius 3 is 2.74 bits per heavy atom. The van der Waals surface area contributed by atoms with Crippen molar-refractivity contribution in [2.45, 2.75) is 38.3 Å². The first kappa shape index (κ1) is 22.1. The van der Waals surface area contributed by atoms with Crippen LogP contribution in [0.4, 0.5) is 14.9 Å². The quantitative estimate of drug-likeness (QED) is 0.576. The van der Waals surface area contributed by atoms with Crippen LogP contribution in [-0.2, 0) is 11.3 Å². The Balaban J connectivity index is 1.26. The molecule has 2 aliphatic heterocycles. The highest BCUT2D eigenvalue weighted by Gasteiger charge is 2.46. The number of aryl methyl sites for hydroxylation is 1. The van der Waals surface area contributed by atoms with Crippen molar-refractivity contribution in [3.05, 3.63) is 83.7 Å². The molecule has 7 nitrogen and oxygen atoms in total. The van der Waals surface area contributed by atoms with Crippen LogP contribution in [-0.4, -0.2) is 51.7 Å².